The van der Waals surface area contributed by atoms with Gasteiger partial charge in [0.1, 0.15) is 11.9 Å². The molecule has 0 aliphatic carbocycles. The normalized spacial score (nSPS) is 9.60. The van der Waals surface area contributed by atoms with E-state index in [2.05, 4.69) is 21.7 Å². The molecular weight excluding hydrogens is 252 g/mol. The van der Waals surface area contributed by atoms with Crippen molar-refractivity contribution in [3.63, 3.8) is 0 Å². The number of carbonyl (C=O) groups is 1. The molecule has 1 heterocycles. The summed E-state index contributed by atoms with van der Waals surface area (Å²) in [6.45, 7) is 0.497. The third-order valence-electron chi connectivity index (χ3n) is 2.80. The van der Waals surface area contributed by atoms with Gasteiger partial charge in [0.05, 0.1) is 5.56 Å². The van der Waals surface area contributed by atoms with Crippen LogP contribution < -0.4 is 10.6 Å². The van der Waals surface area contributed by atoms with Gasteiger partial charge in [-0.1, -0.05) is 12.1 Å². The van der Waals surface area contributed by atoms with E-state index in [1.165, 1.54) is 0 Å². The van der Waals surface area contributed by atoms with Crippen molar-refractivity contribution in [2.75, 3.05) is 12.4 Å². The highest BCUT2D eigenvalue weighted by atomic mass is 16.1. The van der Waals surface area contributed by atoms with Crippen LogP contribution in [0.3, 0.4) is 0 Å². The van der Waals surface area contributed by atoms with E-state index in [0.29, 0.717) is 23.5 Å². The Bertz CT molecular complexity index is 661. The van der Waals surface area contributed by atoms with Crippen LogP contribution in [-0.4, -0.2) is 17.9 Å². The molecule has 0 aliphatic heterocycles. The Morgan fingerprint density at radius 3 is 2.95 bits per heavy atom. The SMILES string of the molecule is CNC(=O)c1cccc(CNc2ncccc2C#N)c1. The molecule has 0 unspecified atom stereocenters. The van der Waals surface area contributed by atoms with Gasteiger partial charge in [0, 0.05) is 25.4 Å². The van der Waals surface area contributed by atoms with Gasteiger partial charge in [-0.25, -0.2) is 4.98 Å². The van der Waals surface area contributed by atoms with Crippen molar-refractivity contribution in [1.29, 1.82) is 5.26 Å². The fraction of sp³-hybridized carbons (Fsp3) is 0.133. The van der Waals surface area contributed by atoms with Crippen LogP contribution in [0.5, 0.6) is 0 Å². The molecule has 100 valence electrons. The topological polar surface area (TPSA) is 77.8 Å². The lowest BCUT2D eigenvalue weighted by Gasteiger charge is -2.08. The molecule has 5 nitrogen and oxygen atoms in total. The predicted molar refractivity (Wildman–Crippen MR) is 76.1 cm³/mol. The molecule has 0 bridgehead atoms. The second-order valence-corrected chi connectivity index (χ2v) is 4.14. The maximum atomic E-state index is 11.6. The molecular formula is C15H14N4O. The molecule has 20 heavy (non-hydrogen) atoms. The van der Waals surface area contributed by atoms with Gasteiger partial charge in [0.15, 0.2) is 0 Å². The van der Waals surface area contributed by atoms with Crippen molar-refractivity contribution < 1.29 is 4.79 Å². The van der Waals surface area contributed by atoms with E-state index in [-0.39, 0.29) is 5.91 Å². The Morgan fingerprint density at radius 2 is 2.20 bits per heavy atom. The number of nitriles is 1. The molecule has 1 aromatic carbocycles. The number of nitrogens with one attached hydrogen (secondary N) is 2. The summed E-state index contributed by atoms with van der Waals surface area (Å²) in [5, 5.41) is 14.7. The monoisotopic (exact) mass is 266 g/mol. The Labute approximate surface area is 117 Å². The number of carbonyl (C=O) groups excluding carboxylic acids is 1. The first-order chi connectivity index (χ1) is 9.74. The zero-order valence-corrected chi connectivity index (χ0v) is 11.1. The third-order valence-corrected chi connectivity index (χ3v) is 2.80. The lowest BCUT2D eigenvalue weighted by molar-refractivity contribution is 0.0963. The number of nitrogens with zero attached hydrogens (tertiary/aromatic N) is 2. The van der Waals surface area contributed by atoms with Crippen molar-refractivity contribution in [2.24, 2.45) is 0 Å². The van der Waals surface area contributed by atoms with Crippen LogP contribution >= 0.6 is 0 Å². The Morgan fingerprint density at radius 1 is 1.35 bits per heavy atom. The van der Waals surface area contributed by atoms with Gasteiger partial charge >= 0.3 is 0 Å². The molecule has 0 fully saturated rings. The van der Waals surface area contributed by atoms with E-state index in [1.807, 2.05) is 12.1 Å². The fourth-order valence-corrected chi connectivity index (χ4v) is 1.79. The second kappa shape index (κ2) is 6.34. The number of pyridine rings is 1. The van der Waals surface area contributed by atoms with Gasteiger partial charge in [-0.15, -0.1) is 0 Å². The van der Waals surface area contributed by atoms with Gasteiger partial charge in [-0.05, 0) is 29.8 Å². The van der Waals surface area contributed by atoms with Crippen LogP contribution in [0.2, 0.25) is 0 Å². The number of rotatable bonds is 4. The number of benzene rings is 1. The van der Waals surface area contributed by atoms with Gasteiger partial charge in [0.2, 0.25) is 0 Å². The summed E-state index contributed by atoms with van der Waals surface area (Å²) in [6.07, 6.45) is 1.63. The Balaban J connectivity index is 2.11. The van der Waals surface area contributed by atoms with Crippen molar-refractivity contribution in [1.82, 2.24) is 10.3 Å². The summed E-state index contributed by atoms with van der Waals surface area (Å²) < 4.78 is 0. The van der Waals surface area contributed by atoms with E-state index in [0.717, 1.165) is 5.56 Å². The second-order valence-electron chi connectivity index (χ2n) is 4.14. The first kappa shape index (κ1) is 13.6. The van der Waals surface area contributed by atoms with Crippen LogP contribution in [0.4, 0.5) is 5.82 Å². The number of hydrogen-bond donors (Lipinski definition) is 2. The highest BCUT2D eigenvalue weighted by molar-refractivity contribution is 5.94. The highest BCUT2D eigenvalue weighted by Crippen LogP contribution is 2.12. The largest absolute Gasteiger partial charge is 0.365 e. The predicted octanol–water partition coefficient (Wildman–Crippen LogP) is 1.92. The quantitative estimate of drug-likeness (QED) is 0.886. The van der Waals surface area contributed by atoms with Crippen molar-refractivity contribution >= 4 is 11.7 Å². The molecule has 0 saturated carbocycles. The van der Waals surface area contributed by atoms with Crippen LogP contribution in [-0.2, 0) is 6.54 Å². The Hall–Kier alpha value is -2.87. The fourth-order valence-electron chi connectivity index (χ4n) is 1.79. The summed E-state index contributed by atoms with van der Waals surface area (Å²) in [5.74, 6) is 0.419. The minimum absolute atomic E-state index is 0.123. The third kappa shape index (κ3) is 3.12. The zero-order chi connectivity index (χ0) is 14.4. The average molecular weight is 266 g/mol. The summed E-state index contributed by atoms with van der Waals surface area (Å²) in [6, 6.07) is 12.8. The molecule has 0 aliphatic rings. The highest BCUT2D eigenvalue weighted by Gasteiger charge is 2.05. The van der Waals surface area contributed by atoms with Gasteiger partial charge in [0.25, 0.3) is 5.91 Å². The smallest absolute Gasteiger partial charge is 0.251 e. The molecule has 2 aromatic rings. The van der Waals surface area contributed by atoms with Gasteiger partial charge in [-0.3, -0.25) is 4.79 Å². The summed E-state index contributed by atoms with van der Waals surface area (Å²) in [4.78, 5) is 15.7. The number of amides is 1. The molecule has 1 amide bonds. The molecule has 0 spiro atoms. The van der Waals surface area contributed by atoms with Gasteiger partial charge < -0.3 is 10.6 Å². The van der Waals surface area contributed by atoms with Gasteiger partial charge in [-0.2, -0.15) is 5.26 Å². The van der Waals surface area contributed by atoms with E-state index >= 15 is 0 Å². The molecule has 0 saturated heterocycles. The minimum Gasteiger partial charge on any atom is -0.365 e. The maximum Gasteiger partial charge on any atom is 0.251 e. The molecule has 1 aromatic heterocycles. The van der Waals surface area contributed by atoms with Crippen LogP contribution in [0.1, 0.15) is 21.5 Å². The molecule has 0 radical (unpaired) electrons. The summed E-state index contributed by atoms with van der Waals surface area (Å²) in [5.41, 5.74) is 2.05. The van der Waals surface area contributed by atoms with E-state index in [4.69, 9.17) is 5.26 Å². The van der Waals surface area contributed by atoms with Crippen molar-refractivity contribution in [2.45, 2.75) is 6.54 Å². The van der Waals surface area contributed by atoms with Crippen LogP contribution in [0.25, 0.3) is 0 Å². The first-order valence-corrected chi connectivity index (χ1v) is 6.14. The lowest BCUT2D eigenvalue weighted by Crippen LogP contribution is -2.18. The van der Waals surface area contributed by atoms with Crippen LogP contribution in [0.15, 0.2) is 42.6 Å². The van der Waals surface area contributed by atoms with E-state index < -0.39 is 0 Å². The number of aromatic nitrogens is 1. The maximum absolute atomic E-state index is 11.6. The molecule has 2 N–H and O–H groups in total. The number of anilines is 1. The standard InChI is InChI=1S/C15H14N4O/c1-17-15(20)12-5-2-4-11(8-12)10-19-14-13(9-16)6-3-7-18-14/h2-8H,10H2,1H3,(H,17,20)(H,18,19). The van der Waals surface area contributed by atoms with Crippen LogP contribution in [0, 0.1) is 11.3 Å². The molecule has 0 atom stereocenters. The average Bonchev–Trinajstić information content (AvgIpc) is 2.52. The summed E-state index contributed by atoms with van der Waals surface area (Å²) >= 11 is 0. The molecule has 2 rings (SSSR count). The first-order valence-electron chi connectivity index (χ1n) is 6.14. The zero-order valence-electron chi connectivity index (χ0n) is 11.1. The lowest BCUT2D eigenvalue weighted by atomic mass is 10.1. The van der Waals surface area contributed by atoms with E-state index in [9.17, 15) is 4.79 Å². The number of hydrogen-bond acceptors (Lipinski definition) is 4. The van der Waals surface area contributed by atoms with E-state index in [1.54, 1.807) is 37.5 Å². The van der Waals surface area contributed by atoms with Crippen molar-refractivity contribution in [3.05, 3.63) is 59.3 Å². The summed E-state index contributed by atoms with van der Waals surface area (Å²) in [7, 11) is 1.60. The van der Waals surface area contributed by atoms with Crippen molar-refractivity contribution in [3.8, 4) is 6.07 Å². The Kier molecular flexibility index (Phi) is 4.30. The molecule has 5 heteroatoms. The minimum atomic E-state index is -0.123.